The van der Waals surface area contributed by atoms with Gasteiger partial charge in [0, 0.05) is 42.7 Å². The van der Waals surface area contributed by atoms with Gasteiger partial charge in [0.2, 0.25) is 16.0 Å². The van der Waals surface area contributed by atoms with Crippen molar-refractivity contribution in [3.05, 3.63) is 59.9 Å². The van der Waals surface area contributed by atoms with Crippen LogP contribution < -0.4 is 15.4 Å². The van der Waals surface area contributed by atoms with Gasteiger partial charge in [0.15, 0.2) is 0 Å². The Kier molecular flexibility index (Phi) is 5.11. The van der Waals surface area contributed by atoms with Crippen LogP contribution in [-0.4, -0.2) is 35.2 Å². The number of hydrogen-bond donors (Lipinski definition) is 2. The van der Waals surface area contributed by atoms with Crippen molar-refractivity contribution in [2.45, 2.75) is 18.7 Å². The highest BCUT2D eigenvalue weighted by atomic mass is 32.2. The normalized spacial score (nSPS) is 11.6. The molecule has 3 N–H and O–H groups in total. The minimum Gasteiger partial charge on any atom is -0.329 e. The van der Waals surface area contributed by atoms with Gasteiger partial charge in [-0.2, -0.15) is 10.1 Å². The number of nitrogens with two attached hydrogens (primary N) is 1. The summed E-state index contributed by atoms with van der Waals surface area (Å²) in [7, 11) is 0.0152. The molecule has 0 saturated heterocycles. The fraction of sp³-hybridized carbons (Fsp3) is 0.190. The van der Waals surface area contributed by atoms with Crippen LogP contribution in [0.5, 0.6) is 0 Å². The third kappa shape index (κ3) is 3.94. The molecule has 10 heteroatoms. The molecular formula is C21H23N7O2S. The molecule has 9 nitrogen and oxygen atoms in total. The first kappa shape index (κ1) is 20.8. The topological polar surface area (TPSA) is 119 Å². The molecule has 0 unspecified atom stereocenters. The number of aryl methyl sites for hydroxylation is 2. The first-order valence-electron chi connectivity index (χ1n) is 9.55. The zero-order valence-corrected chi connectivity index (χ0v) is 18.5. The highest BCUT2D eigenvalue weighted by Gasteiger charge is 2.15. The highest BCUT2D eigenvalue weighted by Crippen LogP contribution is 2.28. The van der Waals surface area contributed by atoms with E-state index in [9.17, 15) is 8.42 Å². The quantitative estimate of drug-likeness (QED) is 0.492. The van der Waals surface area contributed by atoms with Gasteiger partial charge in [-0.05, 0) is 55.8 Å². The van der Waals surface area contributed by atoms with E-state index in [0.29, 0.717) is 23.0 Å². The number of nitrogens with one attached hydrogen (secondary N) is 1. The van der Waals surface area contributed by atoms with Crippen molar-refractivity contribution in [1.29, 1.82) is 0 Å². The first-order chi connectivity index (χ1) is 14.6. The molecular weight excluding hydrogens is 414 g/mol. The molecule has 2 aromatic carbocycles. The summed E-state index contributed by atoms with van der Waals surface area (Å²) in [5.41, 5.74) is 4.02. The third-order valence-electron chi connectivity index (χ3n) is 5.32. The average Bonchev–Trinajstić information content (AvgIpc) is 3.01. The van der Waals surface area contributed by atoms with Crippen molar-refractivity contribution in [3.63, 3.8) is 0 Å². The zero-order valence-electron chi connectivity index (χ0n) is 17.7. The fourth-order valence-corrected chi connectivity index (χ4v) is 4.24. The van der Waals surface area contributed by atoms with E-state index in [1.807, 2.05) is 48.8 Å². The minimum absolute atomic E-state index is 0.0599. The molecule has 0 spiro atoms. The third-order valence-corrected chi connectivity index (χ3v) is 6.38. The first-order valence-corrected chi connectivity index (χ1v) is 11.1. The highest BCUT2D eigenvalue weighted by molar-refractivity contribution is 7.89. The maximum absolute atomic E-state index is 11.8. The van der Waals surface area contributed by atoms with Gasteiger partial charge in [0.05, 0.1) is 10.4 Å². The maximum atomic E-state index is 11.8. The van der Waals surface area contributed by atoms with Crippen LogP contribution in [0.2, 0.25) is 0 Å². The molecule has 0 aliphatic heterocycles. The Morgan fingerprint density at radius 1 is 1.13 bits per heavy atom. The molecule has 0 radical (unpaired) electrons. The number of sulfonamides is 1. The number of hydrogen-bond acceptors (Lipinski definition) is 7. The van der Waals surface area contributed by atoms with Crippen molar-refractivity contribution in [2.24, 2.45) is 12.2 Å². The van der Waals surface area contributed by atoms with E-state index in [1.165, 1.54) is 6.07 Å². The van der Waals surface area contributed by atoms with Gasteiger partial charge in [0.25, 0.3) is 0 Å². The summed E-state index contributed by atoms with van der Waals surface area (Å²) < 4.78 is 25.4. The van der Waals surface area contributed by atoms with E-state index < -0.39 is 10.0 Å². The second-order valence-corrected chi connectivity index (χ2v) is 8.84. The van der Waals surface area contributed by atoms with Crippen LogP contribution in [-0.2, 0) is 17.1 Å². The van der Waals surface area contributed by atoms with Gasteiger partial charge in [0.1, 0.15) is 5.82 Å². The number of rotatable bonds is 5. The van der Waals surface area contributed by atoms with Gasteiger partial charge in [-0.3, -0.25) is 4.68 Å². The smallest absolute Gasteiger partial charge is 0.238 e. The fourth-order valence-electron chi connectivity index (χ4n) is 3.44. The summed E-state index contributed by atoms with van der Waals surface area (Å²) in [5, 5.41) is 14.0. The molecule has 0 aliphatic carbocycles. The lowest BCUT2D eigenvalue weighted by Crippen LogP contribution is -2.15. The van der Waals surface area contributed by atoms with Crippen LogP contribution in [0, 0.1) is 13.8 Å². The predicted octanol–water partition coefficient (Wildman–Crippen LogP) is 3.14. The standard InChI is InChI=1S/C21H23N7O2S/c1-13-17(6-5-7-19(13)31(22,29)30)24-21-23-11-10-20(25-21)27(3)15-8-9-16-14(2)28(4)26-18(16)12-15/h5-12H,1-4H3,(H2,22,29,30)(H,23,24,25). The molecule has 0 atom stereocenters. The van der Waals surface area contributed by atoms with E-state index in [2.05, 4.69) is 20.4 Å². The Bertz CT molecular complexity index is 1400. The van der Waals surface area contributed by atoms with E-state index in [-0.39, 0.29) is 4.90 Å². The second kappa shape index (κ2) is 7.64. The maximum Gasteiger partial charge on any atom is 0.238 e. The lowest BCUT2D eigenvalue weighted by Gasteiger charge is -2.19. The summed E-state index contributed by atoms with van der Waals surface area (Å²) in [4.78, 5) is 10.8. The van der Waals surface area contributed by atoms with Gasteiger partial charge < -0.3 is 10.2 Å². The van der Waals surface area contributed by atoms with E-state index in [4.69, 9.17) is 5.14 Å². The van der Waals surface area contributed by atoms with E-state index >= 15 is 0 Å². The monoisotopic (exact) mass is 437 g/mol. The van der Waals surface area contributed by atoms with Gasteiger partial charge in [-0.1, -0.05) is 6.07 Å². The Labute approximate surface area is 180 Å². The van der Waals surface area contributed by atoms with Crippen LogP contribution in [0.1, 0.15) is 11.3 Å². The van der Waals surface area contributed by atoms with Crippen LogP contribution in [0.4, 0.5) is 23.1 Å². The number of aromatic nitrogens is 4. The Morgan fingerprint density at radius 3 is 2.65 bits per heavy atom. The number of fused-ring (bicyclic) bond motifs is 1. The molecule has 31 heavy (non-hydrogen) atoms. The Balaban J connectivity index is 1.65. The molecule has 2 aromatic heterocycles. The zero-order chi connectivity index (χ0) is 22.3. The summed E-state index contributed by atoms with van der Waals surface area (Å²) >= 11 is 0. The van der Waals surface area contributed by atoms with E-state index in [0.717, 1.165) is 22.3 Å². The van der Waals surface area contributed by atoms with Gasteiger partial charge in [-0.25, -0.2) is 18.5 Å². The Morgan fingerprint density at radius 2 is 1.90 bits per heavy atom. The van der Waals surface area contributed by atoms with Crippen molar-refractivity contribution in [1.82, 2.24) is 19.7 Å². The summed E-state index contributed by atoms with van der Waals surface area (Å²) in [6.45, 7) is 3.72. The van der Waals surface area contributed by atoms with E-state index in [1.54, 1.807) is 31.3 Å². The second-order valence-electron chi connectivity index (χ2n) is 7.31. The van der Waals surface area contributed by atoms with Crippen molar-refractivity contribution in [3.8, 4) is 0 Å². The van der Waals surface area contributed by atoms with Gasteiger partial charge >= 0.3 is 0 Å². The molecule has 4 rings (SSSR count). The van der Waals surface area contributed by atoms with Crippen molar-refractivity contribution < 1.29 is 8.42 Å². The van der Waals surface area contributed by atoms with Crippen LogP contribution in [0.3, 0.4) is 0 Å². The lowest BCUT2D eigenvalue weighted by atomic mass is 10.2. The van der Waals surface area contributed by atoms with Crippen molar-refractivity contribution in [2.75, 3.05) is 17.3 Å². The van der Waals surface area contributed by atoms with Gasteiger partial charge in [-0.15, -0.1) is 0 Å². The number of primary sulfonamides is 1. The SMILES string of the molecule is Cc1c(Nc2nccc(N(C)c3ccc4c(C)n(C)nc4c3)n2)cccc1S(N)(=O)=O. The molecule has 0 bridgehead atoms. The van der Waals surface area contributed by atoms with Crippen LogP contribution >= 0.6 is 0 Å². The minimum atomic E-state index is -3.82. The molecule has 2 heterocycles. The lowest BCUT2D eigenvalue weighted by molar-refractivity contribution is 0.597. The molecule has 0 aliphatic rings. The van der Waals surface area contributed by atoms with Crippen LogP contribution in [0.15, 0.2) is 53.6 Å². The molecule has 0 saturated carbocycles. The molecule has 0 amide bonds. The molecule has 160 valence electrons. The average molecular weight is 438 g/mol. The molecule has 0 fully saturated rings. The summed E-state index contributed by atoms with van der Waals surface area (Å²) in [6, 6.07) is 12.7. The number of anilines is 4. The molecule has 4 aromatic rings. The largest absolute Gasteiger partial charge is 0.329 e. The summed E-state index contributed by atoms with van der Waals surface area (Å²) in [6.07, 6.45) is 1.64. The number of nitrogens with zero attached hydrogens (tertiary/aromatic N) is 5. The Hall–Kier alpha value is -3.50. The number of benzene rings is 2. The van der Waals surface area contributed by atoms with Crippen molar-refractivity contribution >= 4 is 44.1 Å². The van der Waals surface area contributed by atoms with Crippen LogP contribution in [0.25, 0.3) is 10.9 Å². The predicted molar refractivity (Wildman–Crippen MR) is 121 cm³/mol. The summed E-state index contributed by atoms with van der Waals surface area (Å²) in [5.74, 6) is 1.01.